The van der Waals surface area contributed by atoms with Gasteiger partial charge in [0, 0.05) is 19.0 Å². The quantitative estimate of drug-likeness (QED) is 0.759. The molecule has 0 aromatic heterocycles. The van der Waals surface area contributed by atoms with E-state index < -0.39 is 5.60 Å². The highest BCUT2D eigenvalue weighted by molar-refractivity contribution is 5.25. The van der Waals surface area contributed by atoms with Crippen LogP contribution >= 0.6 is 0 Å². The van der Waals surface area contributed by atoms with Crippen LogP contribution in [-0.2, 0) is 5.60 Å². The number of likely N-dealkylation sites (N-methyl/N-ethyl adjacent to an activating group) is 1. The normalized spacial score (nSPS) is 32.1. The molecule has 1 heterocycles. The van der Waals surface area contributed by atoms with Crippen molar-refractivity contribution in [2.45, 2.75) is 12.5 Å². The second-order valence-electron chi connectivity index (χ2n) is 4.53. The Morgan fingerprint density at radius 1 is 1.40 bits per heavy atom. The third-order valence-corrected chi connectivity index (χ3v) is 3.26. The second-order valence-corrected chi connectivity index (χ2v) is 4.53. The molecule has 2 rings (SSSR count). The molecular weight excluding hydrogens is 193 g/mol. The molecule has 0 aliphatic carbocycles. The Kier molecular flexibility index (Phi) is 2.52. The Morgan fingerprint density at radius 3 is 2.47 bits per heavy atom. The summed E-state index contributed by atoms with van der Waals surface area (Å²) in [6.07, 6.45) is 0. The van der Waals surface area contributed by atoms with Crippen molar-refractivity contribution in [1.82, 2.24) is 4.90 Å². The molecule has 15 heavy (non-hydrogen) atoms. The number of nitrogens with zero attached hydrogens (tertiary/aromatic N) is 1. The lowest BCUT2D eigenvalue weighted by atomic mass is 9.85. The summed E-state index contributed by atoms with van der Waals surface area (Å²) in [5.74, 6) is -0.0886. The molecule has 1 aliphatic rings. The third kappa shape index (κ3) is 1.77. The van der Waals surface area contributed by atoms with E-state index in [0.29, 0.717) is 6.54 Å². The van der Waals surface area contributed by atoms with Gasteiger partial charge in [-0.3, -0.25) is 0 Å². The van der Waals surface area contributed by atoms with Crippen LogP contribution in [0.1, 0.15) is 12.5 Å². The molecule has 0 spiro atoms. The number of likely N-dealkylation sites (tertiary alicyclic amines) is 1. The zero-order valence-electron chi connectivity index (χ0n) is 9.07. The molecular formula is C12H16FNO. The topological polar surface area (TPSA) is 23.5 Å². The van der Waals surface area contributed by atoms with Crippen molar-refractivity contribution in [1.29, 1.82) is 0 Å². The van der Waals surface area contributed by atoms with E-state index in [4.69, 9.17) is 0 Å². The Morgan fingerprint density at radius 2 is 2.00 bits per heavy atom. The van der Waals surface area contributed by atoms with E-state index in [1.165, 1.54) is 12.1 Å². The van der Waals surface area contributed by atoms with Gasteiger partial charge < -0.3 is 10.0 Å². The lowest BCUT2D eigenvalue weighted by Crippen LogP contribution is -2.33. The molecule has 0 bridgehead atoms. The smallest absolute Gasteiger partial charge is 0.123 e. The van der Waals surface area contributed by atoms with Gasteiger partial charge in [-0.05, 0) is 24.7 Å². The fourth-order valence-corrected chi connectivity index (χ4v) is 2.36. The highest BCUT2D eigenvalue weighted by atomic mass is 19.1. The van der Waals surface area contributed by atoms with E-state index in [2.05, 4.69) is 4.90 Å². The Labute approximate surface area is 89.3 Å². The number of halogens is 1. The molecule has 3 heteroatoms. The summed E-state index contributed by atoms with van der Waals surface area (Å²) in [7, 11) is 1.98. The second kappa shape index (κ2) is 3.58. The number of aliphatic hydroxyl groups is 1. The lowest BCUT2D eigenvalue weighted by molar-refractivity contribution is 0.0146. The van der Waals surface area contributed by atoms with Crippen LogP contribution in [0, 0.1) is 11.7 Å². The van der Waals surface area contributed by atoms with Gasteiger partial charge in [-0.2, -0.15) is 0 Å². The van der Waals surface area contributed by atoms with Crippen LogP contribution in [0.25, 0.3) is 0 Å². The zero-order chi connectivity index (χ0) is 11.1. The van der Waals surface area contributed by atoms with Crippen LogP contribution in [0.15, 0.2) is 24.3 Å². The van der Waals surface area contributed by atoms with E-state index in [1.54, 1.807) is 12.1 Å². The van der Waals surface area contributed by atoms with Crippen molar-refractivity contribution in [3.05, 3.63) is 35.6 Å². The molecule has 1 aromatic carbocycles. The molecule has 0 amide bonds. The molecule has 0 radical (unpaired) electrons. The van der Waals surface area contributed by atoms with Crippen LogP contribution in [-0.4, -0.2) is 30.1 Å². The molecule has 2 nitrogen and oxygen atoms in total. The summed E-state index contributed by atoms with van der Waals surface area (Å²) < 4.78 is 12.8. The summed E-state index contributed by atoms with van der Waals surface area (Å²) >= 11 is 0. The minimum Gasteiger partial charge on any atom is -0.383 e. The van der Waals surface area contributed by atoms with Crippen molar-refractivity contribution >= 4 is 0 Å². The van der Waals surface area contributed by atoms with Crippen LogP contribution in [0.4, 0.5) is 4.39 Å². The SMILES string of the molecule is C[C@H]1CN(C)C[C@]1(O)c1ccc(F)cc1. The summed E-state index contributed by atoms with van der Waals surface area (Å²) in [6.45, 7) is 3.50. The van der Waals surface area contributed by atoms with E-state index in [1.807, 2.05) is 14.0 Å². The summed E-state index contributed by atoms with van der Waals surface area (Å²) in [5, 5.41) is 10.5. The fourth-order valence-electron chi connectivity index (χ4n) is 2.36. The van der Waals surface area contributed by atoms with Gasteiger partial charge in [-0.15, -0.1) is 0 Å². The minimum atomic E-state index is -0.831. The average molecular weight is 209 g/mol. The maximum atomic E-state index is 12.8. The lowest BCUT2D eigenvalue weighted by Gasteiger charge is -2.27. The van der Waals surface area contributed by atoms with Gasteiger partial charge in [0.05, 0.1) is 0 Å². The van der Waals surface area contributed by atoms with Gasteiger partial charge in [0.2, 0.25) is 0 Å². The van der Waals surface area contributed by atoms with E-state index in [-0.39, 0.29) is 11.7 Å². The van der Waals surface area contributed by atoms with E-state index in [0.717, 1.165) is 12.1 Å². The van der Waals surface area contributed by atoms with Gasteiger partial charge in [-0.25, -0.2) is 4.39 Å². The highest BCUT2D eigenvalue weighted by Crippen LogP contribution is 2.35. The van der Waals surface area contributed by atoms with E-state index >= 15 is 0 Å². The van der Waals surface area contributed by atoms with Crippen molar-refractivity contribution in [2.75, 3.05) is 20.1 Å². The predicted octanol–water partition coefficient (Wildman–Crippen LogP) is 1.59. The number of rotatable bonds is 1. The zero-order valence-corrected chi connectivity index (χ0v) is 9.07. The maximum absolute atomic E-state index is 12.8. The first-order chi connectivity index (χ1) is 7.02. The standard InChI is InChI=1S/C12H16FNO/c1-9-7-14(2)8-12(9,15)10-3-5-11(13)6-4-10/h3-6,9,15H,7-8H2,1-2H3/t9-,12+/m0/s1. The van der Waals surface area contributed by atoms with Crippen molar-refractivity contribution in [3.63, 3.8) is 0 Å². The monoisotopic (exact) mass is 209 g/mol. The van der Waals surface area contributed by atoms with Crippen molar-refractivity contribution in [2.24, 2.45) is 5.92 Å². The molecule has 1 N–H and O–H groups in total. The van der Waals surface area contributed by atoms with Gasteiger partial charge >= 0.3 is 0 Å². The third-order valence-electron chi connectivity index (χ3n) is 3.26. The van der Waals surface area contributed by atoms with E-state index in [9.17, 15) is 9.50 Å². The minimum absolute atomic E-state index is 0.174. The predicted molar refractivity (Wildman–Crippen MR) is 57.0 cm³/mol. The highest BCUT2D eigenvalue weighted by Gasteiger charge is 2.42. The van der Waals surface area contributed by atoms with Crippen molar-refractivity contribution < 1.29 is 9.50 Å². The average Bonchev–Trinajstić information content (AvgIpc) is 2.42. The summed E-state index contributed by atoms with van der Waals surface area (Å²) in [4.78, 5) is 2.09. The largest absolute Gasteiger partial charge is 0.383 e. The number of hydrogen-bond acceptors (Lipinski definition) is 2. The number of benzene rings is 1. The first-order valence-electron chi connectivity index (χ1n) is 5.19. The molecule has 1 saturated heterocycles. The van der Waals surface area contributed by atoms with Crippen LogP contribution in [0.5, 0.6) is 0 Å². The Bertz CT molecular complexity index is 351. The first kappa shape index (κ1) is 10.6. The first-order valence-corrected chi connectivity index (χ1v) is 5.19. The summed E-state index contributed by atoms with van der Waals surface area (Å²) in [5.41, 5.74) is -0.0247. The molecule has 82 valence electrons. The number of β-amino-alcohol motifs (C(OH)–C–C–N with tert-alkyl or cyclic N) is 1. The molecule has 1 aliphatic heterocycles. The molecule has 0 unspecified atom stereocenters. The Balaban J connectivity index is 2.33. The van der Waals surface area contributed by atoms with Crippen molar-refractivity contribution in [3.8, 4) is 0 Å². The molecule has 1 aromatic rings. The van der Waals surface area contributed by atoms with Gasteiger partial charge in [0.25, 0.3) is 0 Å². The fraction of sp³-hybridized carbons (Fsp3) is 0.500. The molecule has 1 fully saturated rings. The van der Waals surface area contributed by atoms with Gasteiger partial charge in [0.1, 0.15) is 11.4 Å². The molecule has 0 saturated carbocycles. The summed E-state index contributed by atoms with van der Waals surface area (Å²) in [6, 6.07) is 6.15. The number of hydrogen-bond donors (Lipinski definition) is 1. The van der Waals surface area contributed by atoms with Gasteiger partial charge in [-0.1, -0.05) is 19.1 Å². The van der Waals surface area contributed by atoms with Crippen LogP contribution < -0.4 is 0 Å². The maximum Gasteiger partial charge on any atom is 0.123 e. The van der Waals surface area contributed by atoms with Crippen LogP contribution in [0.2, 0.25) is 0 Å². The Hall–Kier alpha value is -0.930. The molecule has 2 atom stereocenters. The van der Waals surface area contributed by atoms with Crippen LogP contribution in [0.3, 0.4) is 0 Å². The van der Waals surface area contributed by atoms with Gasteiger partial charge in [0.15, 0.2) is 0 Å².